The van der Waals surface area contributed by atoms with Crippen LogP contribution < -0.4 is 15.6 Å². The number of nitrogens with zero attached hydrogens (tertiary/aromatic N) is 1. The normalized spacial score (nSPS) is 10.9. The molecule has 2 heterocycles. The maximum atomic E-state index is 12.7. The summed E-state index contributed by atoms with van der Waals surface area (Å²) in [7, 11) is 1.63. The van der Waals surface area contributed by atoms with Gasteiger partial charge in [-0.15, -0.1) is 11.3 Å². The van der Waals surface area contributed by atoms with Gasteiger partial charge in [0.25, 0.3) is 5.56 Å². The van der Waals surface area contributed by atoms with Crippen molar-refractivity contribution in [2.24, 2.45) is 0 Å². The molecule has 2 N–H and O–H groups in total. The molecule has 0 unspecified atom stereocenters. The molecule has 0 aliphatic rings. The number of anilines is 1. The first-order chi connectivity index (χ1) is 13.1. The van der Waals surface area contributed by atoms with Crippen molar-refractivity contribution in [2.75, 3.05) is 12.4 Å². The van der Waals surface area contributed by atoms with Gasteiger partial charge >= 0.3 is 0 Å². The topological polar surface area (TPSA) is 67.0 Å². The highest BCUT2D eigenvalue weighted by Gasteiger charge is 2.13. The number of aryl methyl sites for hydroxylation is 1. The van der Waals surface area contributed by atoms with Crippen LogP contribution in [0.1, 0.15) is 11.4 Å². The highest BCUT2D eigenvalue weighted by Crippen LogP contribution is 2.31. The van der Waals surface area contributed by atoms with E-state index in [0.717, 1.165) is 27.4 Å². The molecule has 136 valence electrons. The van der Waals surface area contributed by atoms with E-state index in [1.165, 1.54) is 16.9 Å². The quantitative estimate of drug-likeness (QED) is 0.534. The number of thiophene rings is 1. The number of nitrogens with one attached hydrogen (secondary N) is 2. The fourth-order valence-corrected chi connectivity index (χ4v) is 3.97. The molecule has 0 atom stereocenters. The van der Waals surface area contributed by atoms with Crippen LogP contribution in [0.25, 0.3) is 21.3 Å². The van der Waals surface area contributed by atoms with Gasteiger partial charge < -0.3 is 15.0 Å². The predicted molar refractivity (Wildman–Crippen MR) is 111 cm³/mol. The van der Waals surface area contributed by atoms with E-state index in [0.29, 0.717) is 17.8 Å². The first-order valence-electron chi connectivity index (χ1n) is 8.59. The number of methoxy groups -OCH3 is 1. The van der Waals surface area contributed by atoms with Crippen molar-refractivity contribution in [1.29, 1.82) is 0 Å². The molecule has 6 heteroatoms. The minimum atomic E-state index is -0.117. The summed E-state index contributed by atoms with van der Waals surface area (Å²) < 4.78 is 5.20. The van der Waals surface area contributed by atoms with E-state index in [9.17, 15) is 4.79 Å². The standard InChI is InChI=1S/C21H19N3O2S/c1-13-4-3-5-15(10-13)22-11-18-23-20(25)19-17(12-27-21(19)24-18)14-6-8-16(26-2)9-7-14/h3-10,12,22H,11H2,1-2H3,(H,23,24,25). The summed E-state index contributed by atoms with van der Waals surface area (Å²) in [5, 5.41) is 5.91. The maximum absolute atomic E-state index is 12.7. The molecule has 0 saturated heterocycles. The highest BCUT2D eigenvalue weighted by molar-refractivity contribution is 7.17. The van der Waals surface area contributed by atoms with Gasteiger partial charge in [0.05, 0.1) is 19.0 Å². The zero-order valence-electron chi connectivity index (χ0n) is 15.1. The molecular formula is C21H19N3O2S. The molecule has 0 bridgehead atoms. The Bertz CT molecular complexity index is 1150. The first-order valence-corrected chi connectivity index (χ1v) is 9.47. The van der Waals surface area contributed by atoms with Crippen LogP contribution in [0.2, 0.25) is 0 Å². The number of aromatic nitrogens is 2. The van der Waals surface area contributed by atoms with E-state index in [-0.39, 0.29) is 5.56 Å². The number of rotatable bonds is 5. The van der Waals surface area contributed by atoms with E-state index < -0.39 is 0 Å². The van der Waals surface area contributed by atoms with Gasteiger partial charge in [-0.25, -0.2) is 4.98 Å². The van der Waals surface area contributed by atoms with Crippen molar-refractivity contribution in [1.82, 2.24) is 9.97 Å². The van der Waals surface area contributed by atoms with Crippen molar-refractivity contribution in [3.63, 3.8) is 0 Å². The molecule has 0 spiro atoms. The van der Waals surface area contributed by atoms with Crippen molar-refractivity contribution in [3.8, 4) is 16.9 Å². The molecular weight excluding hydrogens is 358 g/mol. The molecule has 0 saturated carbocycles. The average molecular weight is 377 g/mol. The summed E-state index contributed by atoms with van der Waals surface area (Å²) in [4.78, 5) is 21.0. The first kappa shape index (κ1) is 17.3. The van der Waals surface area contributed by atoms with Crippen LogP contribution in [-0.4, -0.2) is 17.1 Å². The van der Waals surface area contributed by atoms with Gasteiger partial charge in [-0.1, -0.05) is 24.3 Å². The molecule has 5 nitrogen and oxygen atoms in total. The summed E-state index contributed by atoms with van der Waals surface area (Å²) in [6.07, 6.45) is 0. The van der Waals surface area contributed by atoms with Crippen LogP contribution in [0.15, 0.2) is 58.7 Å². The molecule has 2 aromatic carbocycles. The fourth-order valence-electron chi connectivity index (χ4n) is 3.00. The molecule has 2 aromatic heterocycles. The third kappa shape index (κ3) is 3.57. The lowest BCUT2D eigenvalue weighted by molar-refractivity contribution is 0.415. The van der Waals surface area contributed by atoms with Crippen LogP contribution in [0.4, 0.5) is 5.69 Å². The minimum absolute atomic E-state index is 0.117. The Balaban J connectivity index is 1.64. The summed E-state index contributed by atoms with van der Waals surface area (Å²) in [5.74, 6) is 1.41. The molecule has 0 amide bonds. The van der Waals surface area contributed by atoms with Crippen LogP contribution in [-0.2, 0) is 6.54 Å². The van der Waals surface area contributed by atoms with Gasteiger partial charge in [0.2, 0.25) is 0 Å². The lowest BCUT2D eigenvalue weighted by atomic mass is 10.1. The van der Waals surface area contributed by atoms with Crippen LogP contribution in [0.3, 0.4) is 0 Å². The summed E-state index contributed by atoms with van der Waals surface area (Å²) in [6.45, 7) is 2.51. The third-order valence-corrected chi connectivity index (χ3v) is 5.24. The van der Waals surface area contributed by atoms with Gasteiger partial charge in [0.15, 0.2) is 0 Å². The van der Waals surface area contributed by atoms with E-state index in [1.54, 1.807) is 7.11 Å². The van der Waals surface area contributed by atoms with Crippen molar-refractivity contribution < 1.29 is 4.74 Å². The Kier molecular flexibility index (Phi) is 4.64. The molecule has 0 aliphatic carbocycles. The molecule has 4 aromatic rings. The zero-order valence-corrected chi connectivity index (χ0v) is 15.9. The van der Waals surface area contributed by atoms with E-state index in [4.69, 9.17) is 4.74 Å². The zero-order chi connectivity index (χ0) is 18.8. The number of hydrogen-bond acceptors (Lipinski definition) is 5. The number of hydrogen-bond donors (Lipinski definition) is 2. The number of H-pyrrole nitrogens is 1. The Morgan fingerprint density at radius 2 is 2.00 bits per heavy atom. The summed E-state index contributed by atoms with van der Waals surface area (Å²) in [5.41, 5.74) is 3.93. The van der Waals surface area contributed by atoms with Crippen molar-refractivity contribution in [2.45, 2.75) is 13.5 Å². The Morgan fingerprint density at radius 3 is 2.74 bits per heavy atom. The van der Waals surface area contributed by atoms with Gasteiger partial charge in [-0.2, -0.15) is 0 Å². The van der Waals surface area contributed by atoms with Crippen LogP contribution >= 0.6 is 11.3 Å². The lowest BCUT2D eigenvalue weighted by Crippen LogP contribution is -2.14. The van der Waals surface area contributed by atoms with E-state index in [1.807, 2.05) is 54.8 Å². The number of ether oxygens (including phenoxy) is 1. The summed E-state index contributed by atoms with van der Waals surface area (Å²) in [6, 6.07) is 15.8. The Hall–Kier alpha value is -3.12. The smallest absolute Gasteiger partial charge is 0.260 e. The Labute approximate surface area is 160 Å². The Morgan fingerprint density at radius 1 is 1.19 bits per heavy atom. The largest absolute Gasteiger partial charge is 0.497 e. The molecule has 0 aliphatic heterocycles. The van der Waals surface area contributed by atoms with Gasteiger partial charge in [-0.3, -0.25) is 4.79 Å². The summed E-state index contributed by atoms with van der Waals surface area (Å²) >= 11 is 1.48. The second-order valence-corrected chi connectivity index (χ2v) is 7.15. The van der Waals surface area contributed by atoms with Crippen molar-refractivity contribution in [3.05, 3.63) is 75.7 Å². The second kappa shape index (κ2) is 7.25. The van der Waals surface area contributed by atoms with Gasteiger partial charge in [-0.05, 0) is 42.3 Å². The van der Waals surface area contributed by atoms with Crippen molar-refractivity contribution >= 4 is 27.2 Å². The van der Waals surface area contributed by atoms with E-state index in [2.05, 4.69) is 21.4 Å². The monoisotopic (exact) mass is 377 g/mol. The molecule has 4 rings (SSSR count). The number of benzene rings is 2. The second-order valence-electron chi connectivity index (χ2n) is 6.29. The highest BCUT2D eigenvalue weighted by atomic mass is 32.1. The minimum Gasteiger partial charge on any atom is -0.497 e. The van der Waals surface area contributed by atoms with Gasteiger partial charge in [0.1, 0.15) is 16.4 Å². The van der Waals surface area contributed by atoms with E-state index >= 15 is 0 Å². The van der Waals surface area contributed by atoms with Crippen LogP contribution in [0, 0.1) is 6.92 Å². The molecule has 0 radical (unpaired) electrons. The van der Waals surface area contributed by atoms with Crippen LogP contribution in [0.5, 0.6) is 5.75 Å². The molecule has 0 fully saturated rings. The number of fused-ring (bicyclic) bond motifs is 1. The average Bonchev–Trinajstić information content (AvgIpc) is 3.11. The fraction of sp³-hybridized carbons (Fsp3) is 0.143. The maximum Gasteiger partial charge on any atom is 0.260 e. The lowest BCUT2D eigenvalue weighted by Gasteiger charge is -2.07. The van der Waals surface area contributed by atoms with Gasteiger partial charge in [0, 0.05) is 16.6 Å². The SMILES string of the molecule is COc1ccc(-c2csc3nc(CNc4cccc(C)c4)[nH]c(=O)c23)cc1. The third-order valence-electron chi connectivity index (χ3n) is 4.37. The predicted octanol–water partition coefficient (Wildman–Crippen LogP) is 4.58. The number of aromatic amines is 1. The molecule has 27 heavy (non-hydrogen) atoms.